The number of hydrogen-bond donors (Lipinski definition) is 1. The Labute approximate surface area is 187 Å². The molecule has 0 aliphatic carbocycles. The number of benzene rings is 3. The zero-order chi connectivity index (χ0) is 22.8. The van der Waals surface area contributed by atoms with Gasteiger partial charge >= 0.3 is 5.97 Å². The molecule has 0 heterocycles. The van der Waals surface area contributed by atoms with Crippen LogP contribution in [0.2, 0.25) is 0 Å². The van der Waals surface area contributed by atoms with E-state index >= 15 is 0 Å². The molecule has 0 atom stereocenters. The van der Waals surface area contributed by atoms with E-state index in [2.05, 4.69) is 12.2 Å². The van der Waals surface area contributed by atoms with Crippen molar-refractivity contribution in [2.24, 2.45) is 0 Å². The molecule has 0 saturated heterocycles. The Morgan fingerprint density at radius 3 is 1.88 bits per heavy atom. The maximum Gasteiger partial charge on any atom is 0.306 e. The molecule has 2 amide bonds. The van der Waals surface area contributed by atoms with E-state index in [0.29, 0.717) is 17.1 Å². The van der Waals surface area contributed by atoms with E-state index in [9.17, 15) is 14.4 Å². The van der Waals surface area contributed by atoms with E-state index < -0.39 is 18.5 Å². The summed E-state index contributed by atoms with van der Waals surface area (Å²) in [4.78, 5) is 38.6. The topological polar surface area (TPSA) is 75.7 Å². The van der Waals surface area contributed by atoms with Gasteiger partial charge in [0.15, 0.2) is 6.61 Å². The number of para-hydroxylation sites is 2. The monoisotopic (exact) mass is 430 g/mol. The lowest BCUT2D eigenvalue weighted by Gasteiger charge is -2.23. The largest absolute Gasteiger partial charge is 0.456 e. The van der Waals surface area contributed by atoms with E-state index in [4.69, 9.17) is 4.74 Å². The molecule has 164 valence electrons. The number of anilines is 3. The summed E-state index contributed by atoms with van der Waals surface area (Å²) in [6.45, 7) is 1.65. The van der Waals surface area contributed by atoms with Crippen molar-refractivity contribution < 1.29 is 19.1 Å². The van der Waals surface area contributed by atoms with Crippen LogP contribution in [-0.4, -0.2) is 24.4 Å². The highest BCUT2D eigenvalue weighted by atomic mass is 16.5. The zero-order valence-electron chi connectivity index (χ0n) is 18.0. The molecule has 6 heteroatoms. The normalized spacial score (nSPS) is 10.3. The van der Waals surface area contributed by atoms with Crippen LogP contribution in [0.25, 0.3) is 0 Å². The first-order valence-corrected chi connectivity index (χ1v) is 10.5. The van der Waals surface area contributed by atoms with Crippen LogP contribution in [0.1, 0.15) is 25.3 Å². The summed E-state index contributed by atoms with van der Waals surface area (Å²) in [5.41, 5.74) is 3.23. The molecule has 3 rings (SSSR count). The minimum atomic E-state index is -0.601. The molecule has 3 aromatic carbocycles. The molecule has 0 spiro atoms. The fourth-order valence-electron chi connectivity index (χ4n) is 3.15. The van der Waals surface area contributed by atoms with Gasteiger partial charge in [-0.05, 0) is 48.4 Å². The molecule has 0 fully saturated rings. The maximum absolute atomic E-state index is 12.9. The van der Waals surface area contributed by atoms with Crippen LogP contribution >= 0.6 is 0 Å². The Morgan fingerprint density at radius 1 is 0.781 bits per heavy atom. The molecule has 32 heavy (non-hydrogen) atoms. The molecular formula is C26H26N2O4. The average molecular weight is 431 g/mol. The first-order valence-electron chi connectivity index (χ1n) is 10.5. The van der Waals surface area contributed by atoms with Crippen LogP contribution in [0.4, 0.5) is 17.1 Å². The molecule has 0 saturated carbocycles. The maximum atomic E-state index is 12.9. The predicted molar refractivity (Wildman–Crippen MR) is 125 cm³/mol. The van der Waals surface area contributed by atoms with Crippen LogP contribution in [-0.2, 0) is 25.5 Å². The van der Waals surface area contributed by atoms with Crippen molar-refractivity contribution >= 4 is 34.8 Å². The molecule has 0 bridgehead atoms. The summed E-state index contributed by atoms with van der Waals surface area (Å²) in [6, 6.07) is 25.9. The predicted octanol–water partition coefficient (Wildman–Crippen LogP) is 4.88. The third-order valence-corrected chi connectivity index (χ3v) is 4.83. The van der Waals surface area contributed by atoms with Gasteiger partial charge in [-0.3, -0.25) is 19.3 Å². The summed E-state index contributed by atoms with van der Waals surface area (Å²) in [7, 11) is 0. The Kier molecular flexibility index (Phi) is 8.15. The van der Waals surface area contributed by atoms with E-state index in [1.165, 1.54) is 5.56 Å². The van der Waals surface area contributed by atoms with Crippen LogP contribution < -0.4 is 10.2 Å². The highest BCUT2D eigenvalue weighted by Gasteiger charge is 2.19. The minimum absolute atomic E-state index is 0.0390. The number of nitrogens with one attached hydrogen (secondary N) is 1. The van der Waals surface area contributed by atoms with E-state index in [1.807, 2.05) is 72.8 Å². The molecule has 0 radical (unpaired) electrons. The summed E-state index contributed by atoms with van der Waals surface area (Å²) in [6.07, 6.45) is 0.757. The fraction of sp³-hybridized carbons (Fsp3) is 0.192. The number of carbonyl (C=O) groups is 3. The fourth-order valence-corrected chi connectivity index (χ4v) is 3.15. The van der Waals surface area contributed by atoms with Gasteiger partial charge in [-0.2, -0.15) is 0 Å². The summed E-state index contributed by atoms with van der Waals surface area (Å²) in [5.74, 6) is -1.26. The second kappa shape index (κ2) is 11.5. The SMILES string of the molecule is CCc1ccc(NC(=O)COC(=O)CCC(=O)N(c2ccccc2)c2ccccc2)cc1. The molecule has 3 aromatic rings. The van der Waals surface area contributed by atoms with E-state index in [1.54, 1.807) is 17.0 Å². The van der Waals surface area contributed by atoms with Gasteiger partial charge in [0.25, 0.3) is 5.91 Å². The quantitative estimate of drug-likeness (QED) is 0.491. The van der Waals surface area contributed by atoms with Gasteiger partial charge in [-0.1, -0.05) is 55.5 Å². The van der Waals surface area contributed by atoms with Gasteiger partial charge in [0.05, 0.1) is 6.42 Å². The first-order chi connectivity index (χ1) is 15.6. The van der Waals surface area contributed by atoms with Crippen LogP contribution in [0.15, 0.2) is 84.9 Å². The third kappa shape index (κ3) is 6.54. The lowest BCUT2D eigenvalue weighted by atomic mass is 10.1. The van der Waals surface area contributed by atoms with Crippen molar-refractivity contribution in [3.8, 4) is 0 Å². The molecule has 6 nitrogen and oxygen atoms in total. The van der Waals surface area contributed by atoms with Crippen molar-refractivity contribution in [2.45, 2.75) is 26.2 Å². The van der Waals surface area contributed by atoms with Crippen molar-refractivity contribution in [3.63, 3.8) is 0 Å². The van der Waals surface area contributed by atoms with Crippen molar-refractivity contribution in [3.05, 3.63) is 90.5 Å². The number of rotatable bonds is 9. The van der Waals surface area contributed by atoms with Crippen molar-refractivity contribution in [1.82, 2.24) is 0 Å². The summed E-state index contributed by atoms with van der Waals surface area (Å²) < 4.78 is 5.04. The van der Waals surface area contributed by atoms with E-state index in [0.717, 1.165) is 6.42 Å². The second-order valence-electron chi connectivity index (χ2n) is 7.16. The van der Waals surface area contributed by atoms with Gasteiger partial charge < -0.3 is 10.1 Å². The molecule has 1 N–H and O–H groups in total. The van der Waals surface area contributed by atoms with Crippen molar-refractivity contribution in [1.29, 1.82) is 0 Å². The number of hydrogen-bond acceptors (Lipinski definition) is 4. The van der Waals surface area contributed by atoms with Gasteiger partial charge in [0.1, 0.15) is 0 Å². The molecule has 0 aromatic heterocycles. The number of amides is 2. The highest BCUT2D eigenvalue weighted by Crippen LogP contribution is 2.26. The smallest absolute Gasteiger partial charge is 0.306 e. The lowest BCUT2D eigenvalue weighted by molar-refractivity contribution is -0.148. The number of carbonyl (C=O) groups excluding carboxylic acids is 3. The van der Waals surface area contributed by atoms with Crippen LogP contribution in [0.5, 0.6) is 0 Å². The number of esters is 1. The Morgan fingerprint density at radius 2 is 1.34 bits per heavy atom. The minimum Gasteiger partial charge on any atom is -0.456 e. The molecular weight excluding hydrogens is 404 g/mol. The van der Waals surface area contributed by atoms with Gasteiger partial charge in [-0.15, -0.1) is 0 Å². The number of ether oxygens (including phenoxy) is 1. The van der Waals surface area contributed by atoms with Gasteiger partial charge in [0.2, 0.25) is 5.91 Å². The van der Waals surface area contributed by atoms with E-state index in [-0.39, 0.29) is 18.7 Å². The Balaban J connectivity index is 1.51. The second-order valence-corrected chi connectivity index (χ2v) is 7.16. The third-order valence-electron chi connectivity index (χ3n) is 4.83. The summed E-state index contributed by atoms with van der Waals surface area (Å²) in [5, 5.41) is 2.68. The zero-order valence-corrected chi connectivity index (χ0v) is 18.0. The van der Waals surface area contributed by atoms with Crippen molar-refractivity contribution in [2.75, 3.05) is 16.8 Å². The lowest BCUT2D eigenvalue weighted by Crippen LogP contribution is -2.27. The van der Waals surface area contributed by atoms with Gasteiger partial charge in [0, 0.05) is 23.5 Å². The average Bonchev–Trinajstić information content (AvgIpc) is 2.83. The standard InChI is InChI=1S/C26H26N2O4/c1-2-20-13-15-21(16-14-20)27-24(29)19-32-26(31)18-17-25(30)28(22-9-5-3-6-10-22)23-11-7-4-8-12-23/h3-16H,2,17-19H2,1H3,(H,27,29). The highest BCUT2D eigenvalue weighted by molar-refractivity contribution is 6.01. The number of nitrogens with zero attached hydrogens (tertiary/aromatic N) is 1. The Bertz CT molecular complexity index is 995. The van der Waals surface area contributed by atoms with Gasteiger partial charge in [-0.25, -0.2) is 0 Å². The number of aryl methyl sites for hydroxylation is 1. The summed E-state index contributed by atoms with van der Waals surface area (Å²) >= 11 is 0. The molecule has 0 aliphatic heterocycles. The van der Waals surface area contributed by atoms with Crippen LogP contribution in [0, 0.1) is 0 Å². The molecule has 0 unspecified atom stereocenters. The van der Waals surface area contributed by atoms with Crippen LogP contribution in [0.3, 0.4) is 0 Å². The first kappa shape index (κ1) is 22.7. The Hall–Kier alpha value is -3.93. The molecule has 0 aliphatic rings.